The molecule has 1 atom stereocenters. The van der Waals surface area contributed by atoms with Crippen LogP contribution in [0.1, 0.15) is 33.3 Å². The number of aromatic nitrogens is 2. The molecular weight excluding hydrogens is 566 g/mol. The predicted molar refractivity (Wildman–Crippen MR) is 125 cm³/mol. The standard InChI is InChI=1S/C25H25FIN4O4/c1-14-7-10-34-19-13-28-9-6-15(19)21-23(30-18-5-3-4-16(26)24(18)33-2)20-22(31-21)17(12-29-25(20)32)27-35-11-8-14/h3-6,8-9,13,17,30-31H,7,10-12H2,1-2H3,(H,29,32)/q-1/b14-8+/t17-/m0/s1. The zero-order chi connectivity index (χ0) is 24.4. The molecule has 0 radical (unpaired) electrons. The number of carbonyl (C=O) groups is 1. The van der Waals surface area contributed by atoms with E-state index in [9.17, 15) is 9.18 Å². The summed E-state index contributed by atoms with van der Waals surface area (Å²) < 4.78 is 31.9. The number of ether oxygens (including phenoxy) is 2. The monoisotopic (exact) mass is 591 g/mol. The summed E-state index contributed by atoms with van der Waals surface area (Å²) in [5.74, 6) is -0.0554. The number of anilines is 2. The number of fused-ring (bicyclic) bond motifs is 3. The van der Waals surface area contributed by atoms with Gasteiger partial charge in [0, 0.05) is 0 Å². The second-order valence-corrected chi connectivity index (χ2v) is 10.8. The number of hydrogen-bond donors (Lipinski definition) is 3. The molecule has 0 saturated heterocycles. The summed E-state index contributed by atoms with van der Waals surface area (Å²) in [6, 6.07) is 6.47. The van der Waals surface area contributed by atoms with Gasteiger partial charge in [0.1, 0.15) is 0 Å². The van der Waals surface area contributed by atoms with Crippen LogP contribution in [0.4, 0.5) is 15.8 Å². The molecule has 3 aromatic rings. The predicted octanol–water partition coefficient (Wildman–Crippen LogP) is 1.50. The zero-order valence-electron chi connectivity index (χ0n) is 19.3. The summed E-state index contributed by atoms with van der Waals surface area (Å²) in [5.41, 5.74) is 4.81. The number of pyridine rings is 1. The van der Waals surface area contributed by atoms with Crippen LogP contribution in [-0.4, -0.2) is 42.7 Å². The van der Waals surface area contributed by atoms with Crippen molar-refractivity contribution in [2.24, 2.45) is 0 Å². The van der Waals surface area contributed by atoms with Gasteiger partial charge in [-0.05, 0) is 0 Å². The molecule has 0 spiro atoms. The van der Waals surface area contributed by atoms with E-state index < -0.39 is 27.4 Å². The fourth-order valence-electron chi connectivity index (χ4n) is 4.13. The SMILES string of the molecule is COc1c(F)cccc1Nc1c2[nH]c3c1C(=O)NC[C@@H]3[I-]OC/C=C(\C)CCOc1cnccc1-2. The van der Waals surface area contributed by atoms with Crippen LogP contribution in [0.5, 0.6) is 11.5 Å². The number of halogens is 2. The fraction of sp³-hybridized carbons (Fsp3) is 0.280. The molecule has 10 heteroatoms. The van der Waals surface area contributed by atoms with Crippen LogP contribution in [0.3, 0.4) is 0 Å². The third kappa shape index (κ3) is 4.72. The third-order valence-corrected chi connectivity index (χ3v) is 8.31. The van der Waals surface area contributed by atoms with Crippen molar-refractivity contribution in [2.45, 2.75) is 17.3 Å². The molecule has 8 nitrogen and oxygen atoms in total. The van der Waals surface area contributed by atoms with Crippen molar-refractivity contribution in [2.75, 3.05) is 32.2 Å². The number of aromatic amines is 1. The van der Waals surface area contributed by atoms with Gasteiger partial charge in [-0.25, -0.2) is 0 Å². The van der Waals surface area contributed by atoms with Crippen molar-refractivity contribution in [3.8, 4) is 22.8 Å². The first-order valence-corrected chi connectivity index (χ1v) is 13.3. The van der Waals surface area contributed by atoms with Crippen molar-refractivity contribution in [3.05, 3.63) is 65.4 Å². The Balaban J connectivity index is 1.69. The van der Waals surface area contributed by atoms with Crippen molar-refractivity contribution in [3.63, 3.8) is 0 Å². The summed E-state index contributed by atoms with van der Waals surface area (Å²) in [5, 5.41) is 6.27. The van der Waals surface area contributed by atoms with Crippen LogP contribution in [0.2, 0.25) is 0 Å². The van der Waals surface area contributed by atoms with Crippen molar-refractivity contribution >= 4 is 17.3 Å². The number of methoxy groups -OCH3 is 1. The number of amides is 1. The second-order valence-electron chi connectivity index (χ2n) is 8.17. The van der Waals surface area contributed by atoms with Gasteiger partial charge in [0.25, 0.3) is 0 Å². The van der Waals surface area contributed by atoms with E-state index in [1.165, 1.54) is 18.7 Å². The topological polar surface area (TPSA) is 97.5 Å². The third-order valence-electron chi connectivity index (χ3n) is 5.92. The van der Waals surface area contributed by atoms with Crippen LogP contribution >= 0.6 is 0 Å². The first-order chi connectivity index (χ1) is 17.1. The zero-order valence-corrected chi connectivity index (χ0v) is 21.4. The number of H-pyrrole nitrogens is 1. The van der Waals surface area contributed by atoms with Gasteiger partial charge in [0.15, 0.2) is 0 Å². The van der Waals surface area contributed by atoms with E-state index in [2.05, 4.69) is 33.6 Å². The van der Waals surface area contributed by atoms with E-state index in [1.54, 1.807) is 24.5 Å². The Morgan fingerprint density at radius 3 is 3.06 bits per heavy atom. The minimum absolute atomic E-state index is 0.0213. The average molecular weight is 591 g/mol. The Morgan fingerprint density at radius 1 is 1.31 bits per heavy atom. The number of benzene rings is 1. The number of nitrogens with one attached hydrogen (secondary N) is 3. The Morgan fingerprint density at radius 2 is 2.20 bits per heavy atom. The number of rotatable bonds is 3. The van der Waals surface area contributed by atoms with E-state index in [0.717, 1.165) is 17.7 Å². The molecule has 0 unspecified atom stereocenters. The van der Waals surface area contributed by atoms with Gasteiger partial charge in [-0.1, -0.05) is 0 Å². The molecule has 3 N–H and O–H groups in total. The molecular formula is C25H25FIN4O4-. The number of carbonyl (C=O) groups excluding carboxylic acids is 1. The normalized spacial score (nSPS) is 19.6. The first kappa shape index (κ1) is 23.6. The number of alkyl halides is 1. The molecule has 184 valence electrons. The van der Waals surface area contributed by atoms with Crippen LogP contribution in [0, 0.1) is 5.82 Å². The van der Waals surface area contributed by atoms with Crippen molar-refractivity contribution in [1.82, 2.24) is 15.3 Å². The van der Waals surface area contributed by atoms with Gasteiger partial charge in [0.2, 0.25) is 0 Å². The van der Waals surface area contributed by atoms with Crippen LogP contribution in [-0.2, 0) is 3.07 Å². The van der Waals surface area contributed by atoms with E-state index >= 15 is 0 Å². The minimum atomic E-state index is -0.723. The summed E-state index contributed by atoms with van der Waals surface area (Å²) in [6.07, 6.45) is 6.17. The molecule has 1 aromatic carbocycles. The number of hydrogen-bond acceptors (Lipinski definition) is 6. The molecule has 0 fully saturated rings. The van der Waals surface area contributed by atoms with Gasteiger partial charge in [0.05, 0.1) is 0 Å². The molecule has 2 aliphatic heterocycles. The van der Waals surface area contributed by atoms with Crippen molar-refractivity contribution < 1.29 is 43.3 Å². The van der Waals surface area contributed by atoms with Crippen LogP contribution in [0.15, 0.2) is 48.3 Å². The van der Waals surface area contributed by atoms with Gasteiger partial charge < -0.3 is 0 Å². The first-order valence-electron chi connectivity index (χ1n) is 11.2. The van der Waals surface area contributed by atoms with Gasteiger partial charge in [-0.2, -0.15) is 0 Å². The Labute approximate surface area is 213 Å². The average Bonchev–Trinajstić information content (AvgIpc) is 3.23. The van der Waals surface area contributed by atoms with Gasteiger partial charge in [-0.3, -0.25) is 0 Å². The summed E-state index contributed by atoms with van der Waals surface area (Å²) in [4.78, 5) is 20.9. The molecule has 1 amide bonds. The molecule has 0 aliphatic carbocycles. The van der Waals surface area contributed by atoms with E-state index in [4.69, 9.17) is 12.5 Å². The molecule has 35 heavy (non-hydrogen) atoms. The molecule has 0 saturated carbocycles. The summed E-state index contributed by atoms with van der Waals surface area (Å²) >= 11 is -0.723. The van der Waals surface area contributed by atoms with Crippen LogP contribution in [0.25, 0.3) is 11.3 Å². The van der Waals surface area contributed by atoms with Gasteiger partial charge in [-0.15, -0.1) is 0 Å². The Bertz CT molecular complexity index is 1290. The van der Waals surface area contributed by atoms with E-state index in [-0.39, 0.29) is 15.6 Å². The molecule has 2 aromatic heterocycles. The molecule has 2 bridgehead atoms. The number of nitrogens with zero attached hydrogens (tertiary/aromatic N) is 1. The van der Waals surface area contributed by atoms with Gasteiger partial charge >= 0.3 is 214 Å². The maximum atomic E-state index is 14.5. The Hall–Kier alpha value is -3.12. The Kier molecular flexibility index (Phi) is 6.91. The van der Waals surface area contributed by atoms with E-state index in [1.807, 2.05) is 6.07 Å². The second kappa shape index (κ2) is 10.2. The number of para-hydroxylation sites is 1. The molecule has 2 aliphatic rings. The maximum absolute atomic E-state index is 14.5. The van der Waals surface area contributed by atoms with Crippen molar-refractivity contribution in [1.29, 1.82) is 0 Å². The summed E-state index contributed by atoms with van der Waals surface area (Å²) in [7, 11) is 1.41. The van der Waals surface area contributed by atoms with E-state index in [0.29, 0.717) is 48.1 Å². The van der Waals surface area contributed by atoms with Crippen LogP contribution < -0.4 is 41.7 Å². The molecule has 5 rings (SSSR count). The molecule has 4 heterocycles. The quantitative estimate of drug-likeness (QED) is 0.243. The fourth-order valence-corrected chi connectivity index (χ4v) is 6.07. The summed E-state index contributed by atoms with van der Waals surface area (Å²) in [6.45, 7) is 3.55.